The van der Waals surface area contributed by atoms with E-state index in [4.69, 9.17) is 5.11 Å². The summed E-state index contributed by atoms with van der Waals surface area (Å²) in [7, 11) is -4.08. The van der Waals surface area contributed by atoms with Gasteiger partial charge in [0.25, 0.3) is 10.0 Å². The summed E-state index contributed by atoms with van der Waals surface area (Å²) in [6.45, 7) is -0.267. The fraction of sp³-hybridized carbons (Fsp3) is 0.200. The molecule has 4 N–H and O–H groups in total. The first-order valence-electron chi connectivity index (χ1n) is 5.38. The fourth-order valence-electron chi connectivity index (χ4n) is 1.47. The number of aliphatic hydroxyl groups is 1. The Kier molecular flexibility index (Phi) is 4.18. The van der Waals surface area contributed by atoms with Gasteiger partial charge in [-0.25, -0.2) is 17.9 Å². The van der Waals surface area contributed by atoms with Crippen LogP contribution in [-0.4, -0.2) is 41.3 Å². The van der Waals surface area contributed by atoms with Gasteiger partial charge in [-0.1, -0.05) is 0 Å². The van der Waals surface area contributed by atoms with E-state index in [1.165, 1.54) is 11.3 Å². The van der Waals surface area contributed by atoms with Gasteiger partial charge in [0.05, 0.1) is 12.3 Å². The van der Waals surface area contributed by atoms with Gasteiger partial charge in [0.1, 0.15) is 5.56 Å². The molecule has 0 spiro atoms. The lowest BCUT2D eigenvalue weighted by Gasteiger charge is -2.10. The lowest BCUT2D eigenvalue weighted by molar-refractivity contribution is 0.0692. The van der Waals surface area contributed by atoms with E-state index in [0.29, 0.717) is 5.56 Å². The van der Waals surface area contributed by atoms with E-state index in [2.05, 4.69) is 14.9 Å². The summed E-state index contributed by atoms with van der Waals surface area (Å²) in [4.78, 5) is 10.9. The molecule has 2 aromatic heterocycles. The molecule has 8 nitrogen and oxygen atoms in total. The van der Waals surface area contributed by atoms with Crippen molar-refractivity contribution in [2.45, 2.75) is 11.1 Å². The van der Waals surface area contributed by atoms with E-state index in [9.17, 15) is 18.3 Å². The Morgan fingerprint density at radius 2 is 2.30 bits per heavy atom. The van der Waals surface area contributed by atoms with E-state index < -0.39 is 32.7 Å². The first-order valence-corrected chi connectivity index (χ1v) is 7.81. The van der Waals surface area contributed by atoms with Crippen molar-refractivity contribution in [1.29, 1.82) is 0 Å². The van der Waals surface area contributed by atoms with Crippen molar-refractivity contribution in [1.82, 2.24) is 14.9 Å². The second-order valence-corrected chi connectivity index (χ2v) is 6.33. The third-order valence-corrected chi connectivity index (χ3v) is 4.59. The number of nitrogens with one attached hydrogen (secondary N) is 2. The summed E-state index contributed by atoms with van der Waals surface area (Å²) in [5.74, 6) is -1.41. The van der Waals surface area contributed by atoms with Gasteiger partial charge >= 0.3 is 5.97 Å². The summed E-state index contributed by atoms with van der Waals surface area (Å²) in [6, 6.07) is 1.67. The van der Waals surface area contributed by atoms with Gasteiger partial charge in [-0.3, -0.25) is 5.10 Å². The quantitative estimate of drug-likeness (QED) is 0.601. The highest BCUT2D eigenvalue weighted by Crippen LogP contribution is 2.17. The molecule has 0 aliphatic heterocycles. The smallest absolute Gasteiger partial charge is 0.340 e. The number of thiophene rings is 1. The molecule has 108 valence electrons. The Morgan fingerprint density at radius 3 is 2.90 bits per heavy atom. The molecule has 0 aromatic carbocycles. The monoisotopic (exact) mass is 317 g/mol. The number of aromatic carboxylic acids is 1. The van der Waals surface area contributed by atoms with Crippen LogP contribution >= 0.6 is 11.3 Å². The number of carboxylic acids is 1. The minimum atomic E-state index is -4.08. The van der Waals surface area contributed by atoms with Crippen LogP contribution in [0.15, 0.2) is 28.0 Å². The second kappa shape index (κ2) is 5.71. The van der Waals surface area contributed by atoms with Gasteiger partial charge in [0.2, 0.25) is 0 Å². The molecule has 0 fully saturated rings. The largest absolute Gasteiger partial charge is 0.478 e. The van der Waals surface area contributed by atoms with Crippen LogP contribution in [0, 0.1) is 0 Å². The Balaban J connectivity index is 2.12. The maximum Gasteiger partial charge on any atom is 0.340 e. The first-order chi connectivity index (χ1) is 9.42. The Labute approximate surface area is 118 Å². The van der Waals surface area contributed by atoms with E-state index in [0.717, 1.165) is 6.20 Å². The molecule has 2 aromatic rings. The van der Waals surface area contributed by atoms with Crippen molar-refractivity contribution >= 4 is 27.3 Å². The van der Waals surface area contributed by atoms with Crippen LogP contribution in [-0.2, 0) is 10.0 Å². The van der Waals surface area contributed by atoms with Gasteiger partial charge in [0.15, 0.2) is 5.03 Å². The molecule has 0 aliphatic rings. The fourth-order valence-corrected chi connectivity index (χ4v) is 3.31. The van der Waals surface area contributed by atoms with Crippen molar-refractivity contribution in [3.05, 3.63) is 34.2 Å². The summed E-state index contributed by atoms with van der Waals surface area (Å²) in [5.41, 5.74) is 0.128. The normalized spacial score (nSPS) is 13.2. The number of rotatable bonds is 6. The minimum absolute atomic E-state index is 0.267. The molecule has 1 atom stereocenters. The van der Waals surface area contributed by atoms with Crippen molar-refractivity contribution in [3.8, 4) is 0 Å². The van der Waals surface area contributed by atoms with Crippen molar-refractivity contribution in [3.63, 3.8) is 0 Å². The molecular weight excluding hydrogens is 306 g/mol. The van der Waals surface area contributed by atoms with Gasteiger partial charge < -0.3 is 10.2 Å². The van der Waals surface area contributed by atoms with E-state index in [-0.39, 0.29) is 6.54 Å². The van der Waals surface area contributed by atoms with Crippen molar-refractivity contribution in [2.24, 2.45) is 0 Å². The summed E-state index contributed by atoms with van der Waals surface area (Å²) >= 11 is 1.37. The number of carboxylic acid groups (broad SMARTS) is 1. The van der Waals surface area contributed by atoms with Crippen LogP contribution in [0.4, 0.5) is 0 Å². The van der Waals surface area contributed by atoms with Gasteiger partial charge in [-0.05, 0) is 22.4 Å². The predicted octanol–water partition coefficient (Wildman–Crippen LogP) is 0.181. The number of aromatic nitrogens is 2. The molecule has 0 saturated carbocycles. The van der Waals surface area contributed by atoms with Gasteiger partial charge in [-0.2, -0.15) is 16.4 Å². The zero-order chi connectivity index (χ0) is 14.8. The molecule has 10 heteroatoms. The van der Waals surface area contributed by atoms with Crippen LogP contribution in [0.2, 0.25) is 0 Å². The minimum Gasteiger partial charge on any atom is -0.478 e. The third kappa shape index (κ3) is 3.04. The number of carbonyl (C=O) groups is 1. The van der Waals surface area contributed by atoms with Crippen molar-refractivity contribution in [2.75, 3.05) is 6.54 Å². The molecule has 20 heavy (non-hydrogen) atoms. The van der Waals surface area contributed by atoms with Crippen LogP contribution in [0.1, 0.15) is 22.0 Å². The van der Waals surface area contributed by atoms with Crippen LogP contribution < -0.4 is 4.72 Å². The number of H-pyrrole nitrogens is 1. The van der Waals surface area contributed by atoms with E-state index in [1.54, 1.807) is 16.8 Å². The number of sulfonamides is 1. The number of hydrogen-bond acceptors (Lipinski definition) is 6. The molecular formula is C10H11N3O5S2. The number of aliphatic hydroxyl groups excluding tert-OH is 1. The molecule has 0 amide bonds. The molecule has 2 heterocycles. The van der Waals surface area contributed by atoms with Crippen molar-refractivity contribution < 1.29 is 23.4 Å². The van der Waals surface area contributed by atoms with Crippen LogP contribution in [0.25, 0.3) is 0 Å². The first kappa shape index (κ1) is 14.7. The van der Waals surface area contributed by atoms with Gasteiger partial charge in [0, 0.05) is 6.54 Å². The third-order valence-electron chi connectivity index (χ3n) is 2.50. The van der Waals surface area contributed by atoms with E-state index >= 15 is 0 Å². The second-order valence-electron chi connectivity index (χ2n) is 3.84. The van der Waals surface area contributed by atoms with Gasteiger partial charge in [-0.15, -0.1) is 0 Å². The maximum absolute atomic E-state index is 11.9. The number of nitrogens with zero attached hydrogens (tertiary/aromatic N) is 1. The Bertz CT molecular complexity index is 692. The van der Waals surface area contributed by atoms with Crippen LogP contribution in [0.3, 0.4) is 0 Å². The SMILES string of the molecule is O=C(O)c1cn[nH]c1S(=O)(=O)NCC(O)c1ccsc1. The maximum atomic E-state index is 11.9. The highest BCUT2D eigenvalue weighted by Gasteiger charge is 2.25. The molecule has 2 rings (SSSR count). The summed E-state index contributed by atoms with van der Waals surface area (Å²) in [5, 5.41) is 27.1. The molecule has 0 saturated heterocycles. The standard InChI is InChI=1S/C10H11N3O5S2/c14-8(6-1-2-19-5-6)4-12-20(17,18)9-7(10(15)16)3-11-13-9/h1-3,5,8,12,14H,4H2,(H,11,13)(H,15,16). The highest BCUT2D eigenvalue weighted by molar-refractivity contribution is 7.89. The lowest BCUT2D eigenvalue weighted by atomic mass is 10.2. The lowest BCUT2D eigenvalue weighted by Crippen LogP contribution is -2.29. The Morgan fingerprint density at radius 1 is 1.55 bits per heavy atom. The average molecular weight is 317 g/mol. The zero-order valence-corrected chi connectivity index (χ0v) is 11.6. The number of hydrogen-bond donors (Lipinski definition) is 4. The molecule has 0 bridgehead atoms. The topological polar surface area (TPSA) is 132 Å². The number of aromatic amines is 1. The predicted molar refractivity (Wildman–Crippen MR) is 70.0 cm³/mol. The Hall–Kier alpha value is -1.75. The zero-order valence-electron chi connectivity index (χ0n) is 9.98. The van der Waals surface area contributed by atoms with Crippen LogP contribution in [0.5, 0.6) is 0 Å². The molecule has 1 unspecified atom stereocenters. The summed E-state index contributed by atoms with van der Waals surface area (Å²) in [6.07, 6.45) is -0.0983. The van der Waals surface area contributed by atoms with E-state index in [1.807, 2.05) is 0 Å². The highest BCUT2D eigenvalue weighted by atomic mass is 32.2. The average Bonchev–Trinajstić information content (AvgIpc) is 3.06. The molecule has 0 radical (unpaired) electrons. The summed E-state index contributed by atoms with van der Waals surface area (Å²) < 4.78 is 26.0. The molecule has 0 aliphatic carbocycles.